The Morgan fingerprint density at radius 3 is 1.50 bits per heavy atom. The first-order chi connectivity index (χ1) is 4.63. The Bertz CT molecular complexity index is 123. The van der Waals surface area contributed by atoms with Crippen molar-refractivity contribution in [2.45, 2.75) is 0 Å². The van der Waals surface area contributed by atoms with Crippen LogP contribution in [0.2, 0.25) is 0 Å². The van der Waals surface area contributed by atoms with E-state index >= 15 is 0 Å². The summed E-state index contributed by atoms with van der Waals surface area (Å²) in [6.07, 6.45) is 0. The number of carbonyl (C=O) groups excluding carboxylic acids is 2. The van der Waals surface area contributed by atoms with Crippen molar-refractivity contribution in [3.8, 4) is 0 Å². The Hall–Kier alpha value is -0.200. The molecule has 0 bridgehead atoms. The van der Waals surface area contributed by atoms with Crippen LogP contribution in [0.15, 0.2) is 0 Å². The predicted molar refractivity (Wildman–Crippen MR) is 46.2 cm³/mol. The average molecular weight is 180 g/mol. The number of carbonyl (C=O) groups is 2. The van der Waals surface area contributed by atoms with Gasteiger partial charge in [-0.15, -0.1) is 0 Å². The van der Waals surface area contributed by atoms with E-state index in [2.05, 4.69) is 10.6 Å². The van der Waals surface area contributed by atoms with E-state index in [4.69, 9.17) is 0 Å². The van der Waals surface area contributed by atoms with Crippen LogP contribution in [-0.2, 0) is 0 Å². The average Bonchev–Trinajstić information content (AvgIpc) is 1.79. The molecule has 0 aliphatic rings. The van der Waals surface area contributed by atoms with Gasteiger partial charge in [0.15, 0.2) is 0 Å². The molecule has 0 rings (SSSR count). The minimum atomic E-state index is -0.169. The lowest BCUT2D eigenvalue weighted by molar-refractivity contribution is 0.257. The van der Waals surface area contributed by atoms with Crippen molar-refractivity contribution in [2.24, 2.45) is 0 Å². The lowest BCUT2D eigenvalue weighted by Crippen LogP contribution is -2.29. The van der Waals surface area contributed by atoms with Crippen molar-refractivity contribution < 1.29 is 9.59 Å². The molecule has 0 aliphatic heterocycles. The summed E-state index contributed by atoms with van der Waals surface area (Å²) in [4.78, 5) is 20.4. The molecule has 0 saturated heterocycles. The standard InChI is InChI=1S/C4H10N2O2P2/c7-3(9)5-1-2-6-4(8)10/h1-2,9-10H2,(H,5,7)(H,6,8). The maximum Gasteiger partial charge on any atom is 0.234 e. The Balaban J connectivity index is 3.06. The van der Waals surface area contributed by atoms with Gasteiger partial charge in [0, 0.05) is 13.1 Å². The molecule has 0 spiro atoms. The molecule has 0 aliphatic carbocycles. The van der Waals surface area contributed by atoms with Crippen molar-refractivity contribution in [3.05, 3.63) is 0 Å². The van der Waals surface area contributed by atoms with Crippen LogP contribution in [0.3, 0.4) is 0 Å². The zero-order valence-corrected chi connectivity index (χ0v) is 7.69. The second-order valence-electron chi connectivity index (χ2n) is 1.58. The van der Waals surface area contributed by atoms with Gasteiger partial charge in [-0.1, -0.05) is 0 Å². The smallest absolute Gasteiger partial charge is 0.234 e. The summed E-state index contributed by atoms with van der Waals surface area (Å²) in [6, 6.07) is 0. The molecule has 0 aromatic rings. The highest BCUT2D eigenvalue weighted by molar-refractivity contribution is 7.40. The molecule has 2 N–H and O–H groups in total. The van der Waals surface area contributed by atoms with Gasteiger partial charge in [-0.05, 0) is 18.5 Å². The molecule has 6 heteroatoms. The molecule has 58 valence electrons. The van der Waals surface area contributed by atoms with E-state index in [0.717, 1.165) is 0 Å². The van der Waals surface area contributed by atoms with Gasteiger partial charge in [-0.2, -0.15) is 0 Å². The molecule has 0 radical (unpaired) electrons. The van der Waals surface area contributed by atoms with Gasteiger partial charge >= 0.3 is 0 Å². The normalized spacial score (nSPS) is 8.60. The highest BCUT2D eigenvalue weighted by atomic mass is 31.0. The number of amides is 2. The zero-order valence-electron chi connectivity index (χ0n) is 5.39. The minimum Gasteiger partial charge on any atom is -0.351 e. The van der Waals surface area contributed by atoms with Gasteiger partial charge in [-0.25, -0.2) is 0 Å². The van der Waals surface area contributed by atoms with Gasteiger partial charge in [0.1, 0.15) is 0 Å². The molecule has 4 nitrogen and oxygen atoms in total. The van der Waals surface area contributed by atoms with Gasteiger partial charge in [0.2, 0.25) is 11.3 Å². The second-order valence-corrected chi connectivity index (χ2v) is 2.63. The molecule has 2 amide bonds. The van der Waals surface area contributed by atoms with Gasteiger partial charge in [-0.3, -0.25) is 9.59 Å². The van der Waals surface area contributed by atoms with Crippen LogP contribution >= 0.6 is 18.5 Å². The summed E-state index contributed by atoms with van der Waals surface area (Å²) in [6.45, 7) is 0.922. The topological polar surface area (TPSA) is 58.2 Å². The molecule has 0 heterocycles. The molecule has 2 atom stereocenters. The molecule has 0 saturated carbocycles. The van der Waals surface area contributed by atoms with E-state index in [1.807, 2.05) is 18.5 Å². The number of nitrogens with one attached hydrogen (secondary N) is 2. The lowest BCUT2D eigenvalue weighted by atomic mass is 10.6. The molecule has 0 aromatic heterocycles. The number of hydrogen-bond acceptors (Lipinski definition) is 2. The third kappa shape index (κ3) is 7.80. The Morgan fingerprint density at radius 2 is 1.30 bits per heavy atom. The number of hydrogen-bond donors (Lipinski definition) is 2. The molecule has 0 fully saturated rings. The van der Waals surface area contributed by atoms with Crippen molar-refractivity contribution in [1.29, 1.82) is 0 Å². The van der Waals surface area contributed by atoms with Crippen LogP contribution in [0.25, 0.3) is 0 Å². The highest BCUT2D eigenvalue weighted by Gasteiger charge is 1.90. The Kier molecular flexibility index (Phi) is 5.46. The van der Waals surface area contributed by atoms with Crippen LogP contribution < -0.4 is 10.6 Å². The van der Waals surface area contributed by atoms with E-state index in [1.165, 1.54) is 0 Å². The van der Waals surface area contributed by atoms with Crippen molar-refractivity contribution in [3.63, 3.8) is 0 Å². The molecular weight excluding hydrogens is 170 g/mol. The van der Waals surface area contributed by atoms with E-state index in [-0.39, 0.29) is 11.3 Å². The van der Waals surface area contributed by atoms with Gasteiger partial charge in [0.05, 0.1) is 0 Å². The van der Waals surface area contributed by atoms with Crippen LogP contribution in [0, 0.1) is 0 Å². The van der Waals surface area contributed by atoms with Crippen LogP contribution in [0.4, 0.5) is 9.59 Å². The Labute approximate surface area is 63.9 Å². The van der Waals surface area contributed by atoms with E-state index in [9.17, 15) is 9.59 Å². The summed E-state index contributed by atoms with van der Waals surface area (Å²) < 4.78 is 0. The zero-order chi connectivity index (χ0) is 7.98. The summed E-state index contributed by atoms with van der Waals surface area (Å²) in [5, 5.41) is 5.00. The van der Waals surface area contributed by atoms with Crippen molar-refractivity contribution in [2.75, 3.05) is 13.1 Å². The molecular formula is C4H10N2O2P2. The van der Waals surface area contributed by atoms with E-state index in [1.54, 1.807) is 0 Å². The monoisotopic (exact) mass is 180 g/mol. The van der Waals surface area contributed by atoms with E-state index in [0.29, 0.717) is 13.1 Å². The summed E-state index contributed by atoms with van der Waals surface area (Å²) >= 11 is 0. The highest BCUT2D eigenvalue weighted by Crippen LogP contribution is 1.81. The molecule has 10 heavy (non-hydrogen) atoms. The van der Waals surface area contributed by atoms with Gasteiger partial charge in [0.25, 0.3) is 0 Å². The third-order valence-corrected chi connectivity index (χ3v) is 1.13. The van der Waals surface area contributed by atoms with E-state index < -0.39 is 0 Å². The maximum absolute atomic E-state index is 10.2. The summed E-state index contributed by atoms with van der Waals surface area (Å²) in [5.41, 5.74) is -0.337. The quantitative estimate of drug-likeness (QED) is 0.480. The summed E-state index contributed by atoms with van der Waals surface area (Å²) in [5.74, 6) is 0. The minimum absolute atomic E-state index is 0.169. The Morgan fingerprint density at radius 1 is 1.00 bits per heavy atom. The lowest BCUT2D eigenvalue weighted by Gasteiger charge is -2.00. The molecule has 0 aromatic carbocycles. The number of rotatable bonds is 3. The molecule has 2 unspecified atom stereocenters. The van der Waals surface area contributed by atoms with Crippen LogP contribution in [0.5, 0.6) is 0 Å². The summed E-state index contributed by atoms with van der Waals surface area (Å²) in [7, 11) is 3.97. The predicted octanol–water partition coefficient (Wildman–Crippen LogP) is 0.156. The first-order valence-corrected chi connectivity index (χ1v) is 3.85. The van der Waals surface area contributed by atoms with Gasteiger partial charge < -0.3 is 10.6 Å². The fourth-order valence-electron chi connectivity index (χ4n) is 0.371. The second kappa shape index (κ2) is 5.57. The first kappa shape index (κ1) is 9.80. The van der Waals surface area contributed by atoms with Crippen molar-refractivity contribution >= 4 is 29.8 Å². The fraction of sp³-hybridized carbons (Fsp3) is 0.500. The van der Waals surface area contributed by atoms with Crippen molar-refractivity contribution in [1.82, 2.24) is 10.6 Å². The first-order valence-electron chi connectivity index (χ1n) is 2.69. The van der Waals surface area contributed by atoms with Crippen LogP contribution in [-0.4, -0.2) is 24.4 Å². The van der Waals surface area contributed by atoms with Crippen LogP contribution in [0.1, 0.15) is 0 Å². The third-order valence-electron chi connectivity index (χ3n) is 0.723. The maximum atomic E-state index is 10.2. The fourth-order valence-corrected chi connectivity index (χ4v) is 0.660. The SMILES string of the molecule is O=C(P)NCCNC(=O)P. The largest absolute Gasteiger partial charge is 0.351 e.